The van der Waals surface area contributed by atoms with Gasteiger partial charge in [-0.2, -0.15) is 9.49 Å². The van der Waals surface area contributed by atoms with E-state index in [1.165, 1.54) is 17.0 Å². The molecule has 7 nitrogen and oxygen atoms in total. The van der Waals surface area contributed by atoms with E-state index in [0.717, 1.165) is 5.69 Å². The predicted octanol–water partition coefficient (Wildman–Crippen LogP) is 2.75. The Balaban J connectivity index is 1.57. The topological polar surface area (TPSA) is 73.1 Å². The monoisotopic (exact) mass is 353 g/mol. The summed E-state index contributed by atoms with van der Waals surface area (Å²) in [6, 6.07) is 7.94. The number of amides is 1. The lowest BCUT2D eigenvalue weighted by atomic mass is 10.3. The average Bonchev–Trinajstić information content (AvgIpc) is 3.15. The first-order valence-corrected chi connectivity index (χ1v) is 8.17. The maximum Gasteiger partial charge on any atom is 0.263 e. The molecule has 8 heteroatoms. The highest BCUT2D eigenvalue weighted by molar-refractivity contribution is 6.09. The van der Waals surface area contributed by atoms with Crippen molar-refractivity contribution in [2.24, 2.45) is 0 Å². The Morgan fingerprint density at radius 3 is 2.73 bits per heavy atom. The fourth-order valence-corrected chi connectivity index (χ4v) is 2.76. The number of aromatic nitrogens is 4. The van der Waals surface area contributed by atoms with Crippen LogP contribution in [0.3, 0.4) is 0 Å². The lowest BCUT2D eigenvalue weighted by Gasteiger charge is -2.14. The van der Waals surface area contributed by atoms with Crippen LogP contribution in [0.5, 0.6) is 5.88 Å². The van der Waals surface area contributed by atoms with Gasteiger partial charge in [0.15, 0.2) is 0 Å². The molecule has 0 N–H and O–H groups in total. The van der Waals surface area contributed by atoms with E-state index in [9.17, 15) is 9.18 Å². The zero-order chi connectivity index (χ0) is 18.3. The Bertz CT molecular complexity index is 968. The SMILES string of the molecule is CC(C)Oc1ccc(-n2cc3c(n2)CN(c2cccc(F)n2)C3=O)cn1. The van der Waals surface area contributed by atoms with Crippen LogP contribution in [0.1, 0.15) is 29.9 Å². The highest BCUT2D eigenvalue weighted by atomic mass is 19.1. The third kappa shape index (κ3) is 2.90. The number of nitrogens with zero attached hydrogens (tertiary/aromatic N) is 5. The van der Waals surface area contributed by atoms with Crippen molar-refractivity contribution in [2.45, 2.75) is 26.5 Å². The van der Waals surface area contributed by atoms with E-state index < -0.39 is 5.95 Å². The van der Waals surface area contributed by atoms with E-state index in [1.54, 1.807) is 29.2 Å². The number of ether oxygens (including phenoxy) is 1. The van der Waals surface area contributed by atoms with Gasteiger partial charge in [-0.3, -0.25) is 9.69 Å². The number of carbonyl (C=O) groups excluding carboxylic acids is 1. The first-order chi connectivity index (χ1) is 12.5. The summed E-state index contributed by atoms with van der Waals surface area (Å²) in [7, 11) is 0. The quantitative estimate of drug-likeness (QED) is 0.675. The Kier molecular flexibility index (Phi) is 3.87. The number of pyridine rings is 2. The van der Waals surface area contributed by atoms with E-state index in [1.807, 2.05) is 19.9 Å². The third-order valence-corrected chi connectivity index (χ3v) is 3.89. The molecule has 3 aromatic heterocycles. The largest absolute Gasteiger partial charge is 0.475 e. The predicted molar refractivity (Wildman–Crippen MR) is 91.8 cm³/mol. The van der Waals surface area contributed by atoms with Crippen LogP contribution in [0.2, 0.25) is 0 Å². The smallest absolute Gasteiger partial charge is 0.263 e. The van der Waals surface area contributed by atoms with Crippen molar-refractivity contribution in [3.63, 3.8) is 0 Å². The van der Waals surface area contributed by atoms with Gasteiger partial charge in [0.2, 0.25) is 11.8 Å². The molecule has 0 radical (unpaired) electrons. The maximum absolute atomic E-state index is 13.3. The van der Waals surface area contributed by atoms with Gasteiger partial charge in [0.25, 0.3) is 5.91 Å². The molecule has 26 heavy (non-hydrogen) atoms. The molecule has 0 bridgehead atoms. The van der Waals surface area contributed by atoms with Crippen LogP contribution in [-0.2, 0) is 6.54 Å². The first kappa shape index (κ1) is 16.2. The van der Waals surface area contributed by atoms with Gasteiger partial charge in [-0.25, -0.2) is 14.6 Å². The molecule has 1 amide bonds. The fraction of sp³-hybridized carbons (Fsp3) is 0.222. The minimum atomic E-state index is -0.625. The molecule has 0 saturated carbocycles. The summed E-state index contributed by atoms with van der Waals surface area (Å²) in [6.07, 6.45) is 3.33. The Labute approximate surface area is 149 Å². The van der Waals surface area contributed by atoms with Gasteiger partial charge < -0.3 is 4.74 Å². The van der Waals surface area contributed by atoms with Crippen molar-refractivity contribution in [3.05, 3.63) is 59.9 Å². The van der Waals surface area contributed by atoms with Crippen LogP contribution >= 0.6 is 0 Å². The summed E-state index contributed by atoms with van der Waals surface area (Å²) in [5.74, 6) is -0.0731. The lowest BCUT2D eigenvalue weighted by Crippen LogP contribution is -2.25. The summed E-state index contributed by atoms with van der Waals surface area (Å²) in [4.78, 5) is 22.0. The van der Waals surface area contributed by atoms with E-state index in [4.69, 9.17) is 4.74 Å². The summed E-state index contributed by atoms with van der Waals surface area (Å²) < 4.78 is 20.4. The highest BCUT2D eigenvalue weighted by Gasteiger charge is 2.32. The van der Waals surface area contributed by atoms with Crippen LogP contribution in [0.25, 0.3) is 5.69 Å². The Hall–Kier alpha value is -3.29. The molecule has 0 aromatic carbocycles. The number of carbonyl (C=O) groups is 1. The van der Waals surface area contributed by atoms with Gasteiger partial charge in [-0.05, 0) is 32.0 Å². The molecule has 4 rings (SSSR count). The van der Waals surface area contributed by atoms with Crippen molar-refractivity contribution in [1.29, 1.82) is 0 Å². The van der Waals surface area contributed by atoms with E-state index in [0.29, 0.717) is 17.1 Å². The average molecular weight is 353 g/mol. The molecule has 0 fully saturated rings. The maximum atomic E-state index is 13.3. The lowest BCUT2D eigenvalue weighted by molar-refractivity contribution is 0.0995. The molecule has 0 saturated heterocycles. The number of halogens is 1. The van der Waals surface area contributed by atoms with Gasteiger partial charge in [0, 0.05) is 12.3 Å². The summed E-state index contributed by atoms with van der Waals surface area (Å²) in [6.45, 7) is 4.11. The second-order valence-electron chi connectivity index (χ2n) is 6.17. The number of hydrogen-bond acceptors (Lipinski definition) is 5. The van der Waals surface area contributed by atoms with Crippen molar-refractivity contribution in [1.82, 2.24) is 19.7 Å². The molecule has 132 valence electrons. The highest BCUT2D eigenvalue weighted by Crippen LogP contribution is 2.27. The molecule has 0 atom stereocenters. The molecule has 4 heterocycles. The van der Waals surface area contributed by atoms with Crippen LogP contribution in [0.4, 0.5) is 10.2 Å². The fourth-order valence-electron chi connectivity index (χ4n) is 2.76. The standard InChI is InChI=1S/C18H16FN5O2/c1-11(2)26-17-7-6-12(8-20-17)24-9-13-14(22-24)10-23(18(13)25)16-5-3-4-15(19)21-16/h3-9,11H,10H2,1-2H3. The van der Waals surface area contributed by atoms with Gasteiger partial charge in [-0.1, -0.05) is 6.07 Å². The number of hydrogen-bond donors (Lipinski definition) is 0. The Morgan fingerprint density at radius 1 is 1.23 bits per heavy atom. The second kappa shape index (κ2) is 6.21. The van der Waals surface area contributed by atoms with Crippen LogP contribution in [0, 0.1) is 5.95 Å². The second-order valence-corrected chi connectivity index (χ2v) is 6.17. The Morgan fingerprint density at radius 2 is 2.08 bits per heavy atom. The van der Waals surface area contributed by atoms with Crippen molar-refractivity contribution in [2.75, 3.05) is 4.90 Å². The molecule has 3 aromatic rings. The first-order valence-electron chi connectivity index (χ1n) is 8.17. The van der Waals surface area contributed by atoms with Gasteiger partial charge in [0.05, 0.1) is 35.8 Å². The van der Waals surface area contributed by atoms with Crippen LogP contribution < -0.4 is 9.64 Å². The zero-order valence-electron chi connectivity index (χ0n) is 14.3. The number of anilines is 1. The van der Waals surface area contributed by atoms with E-state index in [-0.39, 0.29) is 24.4 Å². The van der Waals surface area contributed by atoms with Crippen molar-refractivity contribution >= 4 is 11.7 Å². The van der Waals surface area contributed by atoms with Gasteiger partial charge in [-0.15, -0.1) is 0 Å². The van der Waals surface area contributed by atoms with Crippen molar-refractivity contribution < 1.29 is 13.9 Å². The molecule has 1 aliphatic heterocycles. The van der Waals surface area contributed by atoms with Gasteiger partial charge >= 0.3 is 0 Å². The van der Waals surface area contributed by atoms with E-state index >= 15 is 0 Å². The molecule has 0 spiro atoms. The van der Waals surface area contributed by atoms with E-state index in [2.05, 4.69) is 15.1 Å². The molecule has 0 aliphatic carbocycles. The molecular weight excluding hydrogens is 337 g/mol. The van der Waals surface area contributed by atoms with Gasteiger partial charge in [0.1, 0.15) is 5.82 Å². The normalized spacial score (nSPS) is 13.4. The number of rotatable bonds is 4. The van der Waals surface area contributed by atoms with Crippen LogP contribution in [0.15, 0.2) is 42.7 Å². The summed E-state index contributed by atoms with van der Waals surface area (Å²) >= 11 is 0. The van der Waals surface area contributed by atoms with Crippen LogP contribution in [-0.4, -0.2) is 31.8 Å². The molecule has 0 unspecified atom stereocenters. The van der Waals surface area contributed by atoms with Crippen molar-refractivity contribution in [3.8, 4) is 11.6 Å². The zero-order valence-corrected chi connectivity index (χ0v) is 14.3. The molecular formula is C18H16FN5O2. The summed E-state index contributed by atoms with van der Waals surface area (Å²) in [5.41, 5.74) is 1.81. The summed E-state index contributed by atoms with van der Waals surface area (Å²) in [5, 5.41) is 4.45. The molecule has 1 aliphatic rings. The minimum Gasteiger partial charge on any atom is -0.475 e. The third-order valence-electron chi connectivity index (χ3n) is 3.89. The minimum absolute atomic E-state index is 0.0434. The number of fused-ring (bicyclic) bond motifs is 1.